The van der Waals surface area contributed by atoms with Crippen LogP contribution in [0, 0.1) is 0 Å². The Hall–Kier alpha value is -1.85. The average Bonchev–Trinajstić information content (AvgIpc) is 2.83. The molecule has 0 aliphatic rings. The number of carbonyl (C=O) groups excluding carboxylic acids is 1. The molecular formula is C12H13NO4. The van der Waals surface area contributed by atoms with Crippen LogP contribution >= 0.6 is 0 Å². The molecule has 1 aromatic heterocycles. The highest BCUT2D eigenvalue weighted by Gasteiger charge is 2.26. The van der Waals surface area contributed by atoms with E-state index in [1.54, 1.807) is 24.4 Å². The zero-order chi connectivity index (χ0) is 12.4. The molecule has 0 aliphatic carbocycles. The third-order valence-corrected chi connectivity index (χ3v) is 2.66. The zero-order valence-corrected chi connectivity index (χ0v) is 9.25. The summed E-state index contributed by atoms with van der Waals surface area (Å²) in [6.45, 7) is 0. The number of esters is 1. The van der Waals surface area contributed by atoms with Crippen molar-refractivity contribution in [1.82, 2.24) is 4.98 Å². The molecule has 0 saturated heterocycles. The van der Waals surface area contributed by atoms with Gasteiger partial charge in [0.05, 0.1) is 7.11 Å². The number of hydrogen-bond acceptors (Lipinski definition) is 4. The highest BCUT2D eigenvalue weighted by Crippen LogP contribution is 2.22. The van der Waals surface area contributed by atoms with Crippen LogP contribution in [0.4, 0.5) is 0 Å². The van der Waals surface area contributed by atoms with Crippen LogP contribution in [0.25, 0.3) is 10.9 Å². The minimum Gasteiger partial charge on any atom is -0.467 e. The number of ether oxygens (including phenoxy) is 1. The largest absolute Gasteiger partial charge is 0.467 e. The summed E-state index contributed by atoms with van der Waals surface area (Å²) in [4.78, 5) is 14.1. The molecule has 90 valence electrons. The van der Waals surface area contributed by atoms with E-state index in [-0.39, 0.29) is 0 Å². The number of hydrogen-bond donors (Lipinski definition) is 3. The van der Waals surface area contributed by atoms with Gasteiger partial charge in [0.25, 0.3) is 0 Å². The van der Waals surface area contributed by atoms with Gasteiger partial charge in [0.1, 0.15) is 6.10 Å². The Morgan fingerprint density at radius 2 is 2.12 bits per heavy atom. The Morgan fingerprint density at radius 3 is 2.82 bits per heavy atom. The number of rotatable bonds is 3. The monoisotopic (exact) mass is 235 g/mol. The van der Waals surface area contributed by atoms with Crippen LogP contribution in [0.2, 0.25) is 0 Å². The fourth-order valence-electron chi connectivity index (χ4n) is 1.69. The smallest absolute Gasteiger partial charge is 0.337 e. The van der Waals surface area contributed by atoms with Crippen molar-refractivity contribution in [3.05, 3.63) is 36.0 Å². The number of nitrogens with one attached hydrogen (secondary N) is 1. The van der Waals surface area contributed by atoms with Crippen LogP contribution in [0.15, 0.2) is 30.5 Å². The minimum absolute atomic E-state index is 0.468. The van der Waals surface area contributed by atoms with Crippen LogP contribution in [-0.4, -0.2) is 34.4 Å². The predicted molar refractivity (Wildman–Crippen MR) is 61.3 cm³/mol. The zero-order valence-electron chi connectivity index (χ0n) is 9.25. The summed E-state index contributed by atoms with van der Waals surface area (Å²) in [6.07, 6.45) is -1.09. The van der Waals surface area contributed by atoms with E-state index in [1.165, 1.54) is 0 Å². The first-order valence-corrected chi connectivity index (χ1v) is 5.14. The van der Waals surface area contributed by atoms with E-state index >= 15 is 0 Å². The van der Waals surface area contributed by atoms with Gasteiger partial charge < -0.3 is 19.9 Å². The van der Waals surface area contributed by atoms with Gasteiger partial charge in [-0.3, -0.25) is 0 Å². The lowest BCUT2D eigenvalue weighted by atomic mass is 10.0. The molecule has 0 aliphatic heterocycles. The molecule has 2 atom stereocenters. The maximum Gasteiger partial charge on any atom is 0.337 e. The molecule has 0 spiro atoms. The first kappa shape index (κ1) is 11.6. The third-order valence-electron chi connectivity index (χ3n) is 2.66. The van der Waals surface area contributed by atoms with E-state index in [0.717, 1.165) is 18.0 Å². The molecule has 2 aromatic rings. The number of H-pyrrole nitrogens is 1. The van der Waals surface area contributed by atoms with Gasteiger partial charge >= 0.3 is 5.97 Å². The first-order valence-electron chi connectivity index (χ1n) is 5.14. The van der Waals surface area contributed by atoms with E-state index in [0.29, 0.717) is 5.56 Å². The van der Waals surface area contributed by atoms with E-state index in [9.17, 15) is 15.0 Å². The minimum atomic E-state index is -1.57. The number of benzene rings is 1. The molecule has 0 fully saturated rings. The Bertz CT molecular complexity index is 534. The maximum atomic E-state index is 11.1. The first-order chi connectivity index (χ1) is 8.13. The van der Waals surface area contributed by atoms with Crippen molar-refractivity contribution >= 4 is 16.9 Å². The number of aliphatic hydroxyl groups excluding tert-OH is 2. The Labute approximate surface area is 97.6 Å². The second-order valence-electron chi connectivity index (χ2n) is 3.74. The highest BCUT2D eigenvalue weighted by atomic mass is 16.5. The summed E-state index contributed by atoms with van der Waals surface area (Å²) < 4.78 is 4.37. The molecule has 0 bridgehead atoms. The van der Waals surface area contributed by atoms with Gasteiger partial charge in [-0.1, -0.05) is 6.07 Å². The van der Waals surface area contributed by atoms with Gasteiger partial charge in [0.2, 0.25) is 0 Å². The molecule has 0 saturated carbocycles. The highest BCUT2D eigenvalue weighted by molar-refractivity contribution is 5.80. The van der Waals surface area contributed by atoms with E-state index in [2.05, 4.69) is 9.72 Å². The number of aliphatic hydroxyl groups is 2. The fourth-order valence-corrected chi connectivity index (χ4v) is 1.69. The number of aromatic nitrogens is 1. The van der Waals surface area contributed by atoms with Gasteiger partial charge in [-0.05, 0) is 29.1 Å². The normalized spacial score (nSPS) is 14.5. The molecule has 17 heavy (non-hydrogen) atoms. The van der Waals surface area contributed by atoms with Crippen molar-refractivity contribution in [2.45, 2.75) is 12.2 Å². The summed E-state index contributed by atoms with van der Waals surface area (Å²) in [6, 6.07) is 6.98. The Kier molecular flexibility index (Phi) is 3.12. The molecule has 1 heterocycles. The lowest BCUT2D eigenvalue weighted by molar-refractivity contribution is -0.156. The molecule has 3 N–H and O–H groups in total. The molecule has 2 rings (SSSR count). The maximum absolute atomic E-state index is 11.1. The van der Waals surface area contributed by atoms with Crippen LogP contribution < -0.4 is 0 Å². The van der Waals surface area contributed by atoms with Crippen molar-refractivity contribution in [2.24, 2.45) is 0 Å². The molecule has 1 aromatic carbocycles. The van der Waals surface area contributed by atoms with Gasteiger partial charge in [-0.25, -0.2) is 4.79 Å². The van der Waals surface area contributed by atoms with Crippen molar-refractivity contribution in [2.75, 3.05) is 7.11 Å². The van der Waals surface area contributed by atoms with Crippen molar-refractivity contribution in [3.63, 3.8) is 0 Å². The third kappa shape index (κ3) is 2.15. The SMILES string of the molecule is COC(=O)C(O)C(O)c1ccc2[nH]ccc2c1. The summed E-state index contributed by atoms with van der Waals surface area (Å²) in [7, 11) is 1.16. The van der Waals surface area contributed by atoms with Crippen LogP contribution in [0.1, 0.15) is 11.7 Å². The number of methoxy groups -OCH3 is 1. The molecule has 2 unspecified atom stereocenters. The van der Waals surface area contributed by atoms with Gasteiger partial charge in [0, 0.05) is 11.7 Å². The summed E-state index contributed by atoms with van der Waals surface area (Å²) >= 11 is 0. The number of carbonyl (C=O) groups is 1. The van der Waals surface area contributed by atoms with Crippen molar-refractivity contribution in [3.8, 4) is 0 Å². The van der Waals surface area contributed by atoms with E-state index in [1.807, 2.05) is 6.07 Å². The van der Waals surface area contributed by atoms with Gasteiger partial charge in [0.15, 0.2) is 6.10 Å². The van der Waals surface area contributed by atoms with E-state index < -0.39 is 18.2 Å². The summed E-state index contributed by atoms with van der Waals surface area (Å²) in [5.74, 6) is -0.855. The van der Waals surface area contributed by atoms with Crippen molar-refractivity contribution < 1.29 is 19.7 Å². The summed E-state index contributed by atoms with van der Waals surface area (Å²) in [5.41, 5.74) is 1.39. The van der Waals surface area contributed by atoms with Crippen LogP contribution in [0.5, 0.6) is 0 Å². The quantitative estimate of drug-likeness (QED) is 0.685. The predicted octanol–water partition coefficient (Wildman–Crippen LogP) is 0.735. The molecule has 0 radical (unpaired) electrons. The lowest BCUT2D eigenvalue weighted by Gasteiger charge is -2.15. The topological polar surface area (TPSA) is 82.6 Å². The Morgan fingerprint density at radius 1 is 1.35 bits per heavy atom. The summed E-state index contributed by atoms with van der Waals surface area (Å²) in [5, 5.41) is 20.3. The standard InChI is InChI=1S/C12H13NO4/c1-17-12(16)11(15)10(14)8-2-3-9-7(6-8)4-5-13-9/h2-6,10-11,13-15H,1H3. The lowest BCUT2D eigenvalue weighted by Crippen LogP contribution is -2.28. The fraction of sp³-hybridized carbons (Fsp3) is 0.250. The van der Waals surface area contributed by atoms with Gasteiger partial charge in [-0.15, -0.1) is 0 Å². The molecular weight excluding hydrogens is 222 g/mol. The van der Waals surface area contributed by atoms with E-state index in [4.69, 9.17) is 0 Å². The number of aromatic amines is 1. The molecule has 5 nitrogen and oxygen atoms in total. The second kappa shape index (κ2) is 4.57. The second-order valence-corrected chi connectivity index (χ2v) is 3.74. The average molecular weight is 235 g/mol. The number of fused-ring (bicyclic) bond motifs is 1. The molecule has 0 amide bonds. The van der Waals surface area contributed by atoms with Crippen LogP contribution in [-0.2, 0) is 9.53 Å². The van der Waals surface area contributed by atoms with Gasteiger partial charge in [-0.2, -0.15) is 0 Å². The van der Waals surface area contributed by atoms with Crippen LogP contribution in [0.3, 0.4) is 0 Å². The van der Waals surface area contributed by atoms with Crippen molar-refractivity contribution in [1.29, 1.82) is 0 Å². The Balaban J connectivity index is 2.29. The molecule has 5 heteroatoms.